The van der Waals surface area contributed by atoms with E-state index in [0.717, 1.165) is 5.56 Å². The summed E-state index contributed by atoms with van der Waals surface area (Å²) in [5, 5.41) is 0. The Labute approximate surface area is 209 Å². The van der Waals surface area contributed by atoms with Crippen molar-refractivity contribution in [1.29, 1.82) is 0 Å². The minimum absolute atomic E-state index is 0.110. The molecule has 0 radical (unpaired) electrons. The van der Waals surface area contributed by atoms with Crippen molar-refractivity contribution in [2.45, 2.75) is 12.7 Å². The molecule has 5 rings (SSSR count). The molecule has 36 heavy (non-hydrogen) atoms. The number of hydrogen-bond acceptors (Lipinski definition) is 6. The summed E-state index contributed by atoms with van der Waals surface area (Å²) >= 11 is 0. The number of fused-ring (bicyclic) bond motifs is 1. The normalized spacial score (nSPS) is 16.9. The van der Waals surface area contributed by atoms with Crippen molar-refractivity contribution in [3.05, 3.63) is 83.9 Å². The van der Waals surface area contributed by atoms with Crippen LogP contribution in [-0.2, 0) is 11.4 Å². The first-order chi connectivity index (χ1) is 17.6. The summed E-state index contributed by atoms with van der Waals surface area (Å²) < 4.78 is 22.9. The Balaban J connectivity index is 1.17. The van der Waals surface area contributed by atoms with E-state index in [4.69, 9.17) is 18.9 Å². The second-order valence-electron chi connectivity index (χ2n) is 8.62. The number of benzene rings is 3. The van der Waals surface area contributed by atoms with Crippen molar-refractivity contribution in [1.82, 2.24) is 9.80 Å². The molecule has 186 valence electrons. The molecule has 0 aromatic heterocycles. The van der Waals surface area contributed by atoms with Gasteiger partial charge in [-0.05, 0) is 35.9 Å². The summed E-state index contributed by atoms with van der Waals surface area (Å²) in [6.45, 7) is 2.31. The number of methoxy groups -OCH3 is 1. The molecule has 0 saturated carbocycles. The minimum Gasteiger partial charge on any atom is -0.493 e. The van der Waals surface area contributed by atoms with Crippen LogP contribution in [0.25, 0.3) is 0 Å². The van der Waals surface area contributed by atoms with Gasteiger partial charge >= 0.3 is 0 Å². The van der Waals surface area contributed by atoms with Crippen LogP contribution in [0.2, 0.25) is 0 Å². The average Bonchev–Trinajstić information content (AvgIpc) is 2.95. The van der Waals surface area contributed by atoms with Gasteiger partial charge in [-0.15, -0.1) is 0 Å². The fourth-order valence-electron chi connectivity index (χ4n) is 4.31. The van der Waals surface area contributed by atoms with E-state index >= 15 is 0 Å². The molecule has 8 nitrogen and oxygen atoms in total. The average molecular weight is 489 g/mol. The van der Waals surface area contributed by atoms with Crippen LogP contribution < -0.4 is 18.9 Å². The highest BCUT2D eigenvalue weighted by molar-refractivity contribution is 5.95. The molecule has 0 unspecified atom stereocenters. The van der Waals surface area contributed by atoms with Gasteiger partial charge in [0.1, 0.15) is 13.2 Å². The van der Waals surface area contributed by atoms with Gasteiger partial charge in [0.15, 0.2) is 23.0 Å². The Bertz CT molecular complexity index is 1220. The SMILES string of the molecule is COc1cc(C(=O)N2CCN(C(=O)[C@H]3COc4ccccc4O3)CC2)ccc1OCc1ccccc1. The van der Waals surface area contributed by atoms with E-state index in [-0.39, 0.29) is 18.4 Å². The largest absolute Gasteiger partial charge is 0.493 e. The zero-order valence-electron chi connectivity index (χ0n) is 20.1. The lowest BCUT2D eigenvalue weighted by atomic mass is 10.1. The van der Waals surface area contributed by atoms with Crippen LogP contribution in [0.4, 0.5) is 0 Å². The Hall–Kier alpha value is -4.20. The van der Waals surface area contributed by atoms with Crippen LogP contribution in [0.5, 0.6) is 23.0 Å². The monoisotopic (exact) mass is 488 g/mol. The van der Waals surface area contributed by atoms with Gasteiger partial charge < -0.3 is 28.7 Å². The van der Waals surface area contributed by atoms with Gasteiger partial charge in [-0.3, -0.25) is 9.59 Å². The maximum atomic E-state index is 13.2. The fraction of sp³-hybridized carbons (Fsp3) is 0.286. The Morgan fingerprint density at radius 3 is 2.31 bits per heavy atom. The molecule has 0 bridgehead atoms. The summed E-state index contributed by atoms with van der Waals surface area (Å²) in [6, 6.07) is 22.4. The molecular formula is C28H28N2O6. The lowest BCUT2D eigenvalue weighted by Gasteiger charge is -2.37. The van der Waals surface area contributed by atoms with E-state index in [9.17, 15) is 9.59 Å². The number of hydrogen-bond donors (Lipinski definition) is 0. The highest BCUT2D eigenvalue weighted by Crippen LogP contribution is 2.32. The molecule has 1 atom stereocenters. The lowest BCUT2D eigenvalue weighted by molar-refractivity contribution is -0.142. The molecule has 2 heterocycles. The minimum atomic E-state index is -0.685. The standard InChI is InChI=1S/C28H28N2O6/c1-33-25-17-21(11-12-23(25)34-18-20-7-3-2-4-8-20)27(31)29-13-15-30(16-14-29)28(32)26-19-35-22-9-5-6-10-24(22)36-26/h2-12,17,26H,13-16,18-19H2,1H3/t26-/m1/s1. The number of piperazine rings is 1. The molecule has 8 heteroatoms. The van der Waals surface area contributed by atoms with Crippen LogP contribution in [0.1, 0.15) is 15.9 Å². The van der Waals surface area contributed by atoms with Crippen LogP contribution in [0, 0.1) is 0 Å². The topological polar surface area (TPSA) is 77.5 Å². The van der Waals surface area contributed by atoms with Gasteiger partial charge in [0, 0.05) is 31.7 Å². The smallest absolute Gasteiger partial charge is 0.267 e. The highest BCUT2D eigenvalue weighted by Gasteiger charge is 2.33. The Morgan fingerprint density at radius 2 is 1.56 bits per heavy atom. The van der Waals surface area contributed by atoms with E-state index in [0.29, 0.717) is 61.3 Å². The quantitative estimate of drug-likeness (QED) is 0.529. The van der Waals surface area contributed by atoms with Crippen LogP contribution in [0.3, 0.4) is 0 Å². The molecule has 0 N–H and O–H groups in total. The van der Waals surface area contributed by atoms with Crippen LogP contribution in [0.15, 0.2) is 72.8 Å². The molecule has 2 aliphatic rings. The fourth-order valence-corrected chi connectivity index (χ4v) is 4.31. The first kappa shape index (κ1) is 23.5. The first-order valence-corrected chi connectivity index (χ1v) is 11.9. The summed E-state index contributed by atoms with van der Waals surface area (Å²) in [6.07, 6.45) is -0.685. The second kappa shape index (κ2) is 10.6. The van der Waals surface area contributed by atoms with Crippen molar-refractivity contribution < 1.29 is 28.5 Å². The number of para-hydroxylation sites is 2. The molecule has 2 amide bonds. The molecule has 0 spiro atoms. The van der Waals surface area contributed by atoms with Crippen molar-refractivity contribution >= 4 is 11.8 Å². The molecular weight excluding hydrogens is 460 g/mol. The number of rotatable bonds is 6. The third kappa shape index (κ3) is 5.07. The van der Waals surface area contributed by atoms with E-state index in [1.54, 1.807) is 41.2 Å². The van der Waals surface area contributed by atoms with E-state index in [1.165, 1.54) is 0 Å². The maximum Gasteiger partial charge on any atom is 0.267 e. The van der Waals surface area contributed by atoms with Crippen molar-refractivity contribution in [3.63, 3.8) is 0 Å². The van der Waals surface area contributed by atoms with Gasteiger partial charge in [-0.2, -0.15) is 0 Å². The van der Waals surface area contributed by atoms with Gasteiger partial charge in [0.05, 0.1) is 7.11 Å². The lowest BCUT2D eigenvalue weighted by Crippen LogP contribution is -2.55. The summed E-state index contributed by atoms with van der Waals surface area (Å²) in [5.74, 6) is 2.05. The number of carbonyl (C=O) groups is 2. The summed E-state index contributed by atoms with van der Waals surface area (Å²) in [5.41, 5.74) is 1.56. The van der Waals surface area contributed by atoms with Gasteiger partial charge in [-0.25, -0.2) is 0 Å². The number of nitrogens with zero attached hydrogens (tertiary/aromatic N) is 2. The van der Waals surface area contributed by atoms with Gasteiger partial charge in [0.2, 0.25) is 6.10 Å². The first-order valence-electron chi connectivity index (χ1n) is 11.9. The second-order valence-corrected chi connectivity index (χ2v) is 8.62. The van der Waals surface area contributed by atoms with Gasteiger partial charge in [-0.1, -0.05) is 42.5 Å². The number of amides is 2. The molecule has 1 saturated heterocycles. The predicted octanol–water partition coefficient (Wildman–Crippen LogP) is 3.40. The molecule has 2 aliphatic heterocycles. The molecule has 0 aliphatic carbocycles. The summed E-state index contributed by atoms with van der Waals surface area (Å²) in [4.78, 5) is 29.6. The summed E-state index contributed by atoms with van der Waals surface area (Å²) in [7, 11) is 1.55. The van der Waals surface area contributed by atoms with E-state index in [1.807, 2.05) is 48.5 Å². The number of carbonyl (C=O) groups excluding carboxylic acids is 2. The van der Waals surface area contributed by atoms with Crippen LogP contribution >= 0.6 is 0 Å². The Kier molecular flexibility index (Phi) is 6.93. The zero-order valence-corrected chi connectivity index (χ0v) is 20.1. The van der Waals surface area contributed by atoms with Crippen molar-refractivity contribution in [2.24, 2.45) is 0 Å². The van der Waals surface area contributed by atoms with E-state index < -0.39 is 6.10 Å². The maximum absolute atomic E-state index is 13.2. The molecule has 3 aromatic rings. The number of ether oxygens (including phenoxy) is 4. The van der Waals surface area contributed by atoms with Crippen molar-refractivity contribution in [3.8, 4) is 23.0 Å². The van der Waals surface area contributed by atoms with E-state index in [2.05, 4.69) is 0 Å². The molecule has 3 aromatic carbocycles. The third-order valence-electron chi connectivity index (χ3n) is 6.31. The molecule has 1 fully saturated rings. The highest BCUT2D eigenvalue weighted by atomic mass is 16.6. The predicted molar refractivity (Wildman–Crippen MR) is 133 cm³/mol. The zero-order chi connectivity index (χ0) is 24.9. The van der Waals surface area contributed by atoms with Crippen LogP contribution in [-0.4, -0.2) is 67.6 Å². The van der Waals surface area contributed by atoms with Crippen molar-refractivity contribution in [2.75, 3.05) is 39.9 Å². The van der Waals surface area contributed by atoms with Gasteiger partial charge in [0.25, 0.3) is 11.8 Å². The third-order valence-corrected chi connectivity index (χ3v) is 6.31. The Morgan fingerprint density at radius 1 is 0.861 bits per heavy atom.